The Kier molecular flexibility index (Phi) is 5.89. The zero-order valence-electron chi connectivity index (χ0n) is 19.7. The molecule has 4 unspecified atom stereocenters. The molecule has 8 heteroatoms. The van der Waals surface area contributed by atoms with E-state index in [2.05, 4.69) is 17.4 Å². The van der Waals surface area contributed by atoms with Crippen LogP contribution in [-0.2, 0) is 11.3 Å². The van der Waals surface area contributed by atoms with Gasteiger partial charge in [0.25, 0.3) is 0 Å². The van der Waals surface area contributed by atoms with Crippen molar-refractivity contribution in [3.8, 4) is 11.5 Å². The molecule has 35 heavy (non-hydrogen) atoms. The summed E-state index contributed by atoms with van der Waals surface area (Å²) in [6.07, 6.45) is 3.79. The van der Waals surface area contributed by atoms with Gasteiger partial charge < -0.3 is 14.8 Å². The summed E-state index contributed by atoms with van der Waals surface area (Å²) < 4.78 is 12.8. The third kappa shape index (κ3) is 3.87. The second kappa shape index (κ2) is 9.06. The smallest absolute Gasteiger partial charge is 0.308 e. The minimum absolute atomic E-state index is 0.0245. The van der Waals surface area contributed by atoms with Gasteiger partial charge in [0.1, 0.15) is 6.54 Å². The number of aromatic nitrogens is 1. The van der Waals surface area contributed by atoms with E-state index < -0.39 is 0 Å². The number of thiazole rings is 1. The molecule has 6 rings (SSSR count). The number of nitrogens with one attached hydrogen (secondary N) is 1. The first-order chi connectivity index (χ1) is 17.1. The Morgan fingerprint density at radius 3 is 2.60 bits per heavy atom. The van der Waals surface area contributed by atoms with Crippen LogP contribution in [-0.4, -0.2) is 29.9 Å². The number of nitrogens with zero attached hydrogens (tertiary/aromatic N) is 1. The molecular weight excluding hydrogens is 480 g/mol. The van der Waals surface area contributed by atoms with Crippen molar-refractivity contribution in [1.82, 2.24) is 4.57 Å². The van der Waals surface area contributed by atoms with Crippen LogP contribution in [0.15, 0.2) is 58.4 Å². The van der Waals surface area contributed by atoms with Crippen LogP contribution in [0.25, 0.3) is 0 Å². The fourth-order valence-corrected chi connectivity index (χ4v) is 9.52. The van der Waals surface area contributed by atoms with Gasteiger partial charge in [0, 0.05) is 21.7 Å². The number of hydrogen-bond acceptors (Lipinski definition) is 6. The number of thioether (sulfide) groups is 1. The quantitative estimate of drug-likeness (QED) is 0.495. The fraction of sp³-hybridized carbons (Fsp3) is 0.407. The summed E-state index contributed by atoms with van der Waals surface area (Å²) in [6, 6.07) is 15.5. The van der Waals surface area contributed by atoms with E-state index >= 15 is 0 Å². The maximum absolute atomic E-state index is 13.2. The number of anilines is 1. The maximum Gasteiger partial charge on any atom is 0.308 e. The Morgan fingerprint density at radius 1 is 1.06 bits per heavy atom. The zero-order valence-corrected chi connectivity index (χ0v) is 21.4. The van der Waals surface area contributed by atoms with Crippen molar-refractivity contribution in [2.24, 2.45) is 17.8 Å². The van der Waals surface area contributed by atoms with E-state index in [-0.39, 0.29) is 23.2 Å². The molecule has 1 N–H and O–H groups in total. The van der Waals surface area contributed by atoms with Gasteiger partial charge in [-0.2, -0.15) is 0 Å². The van der Waals surface area contributed by atoms with Crippen molar-refractivity contribution in [2.45, 2.75) is 42.0 Å². The Labute approximate surface area is 212 Å². The number of fused-ring (bicyclic) bond motifs is 6. The third-order valence-electron chi connectivity index (χ3n) is 7.82. The number of benzene rings is 2. The first kappa shape index (κ1) is 22.7. The van der Waals surface area contributed by atoms with Crippen molar-refractivity contribution < 1.29 is 14.3 Å². The van der Waals surface area contributed by atoms with Gasteiger partial charge in [0.05, 0.1) is 19.2 Å². The standard InChI is InChI=1S/C27H28N2O4S2/c1-32-19-11-10-16(13-20(19)33-2)23-22-15-8-9-17(12-15)24(22)34-26-25(23)35-27(31)29(26)14-21(30)28-18-6-4-3-5-7-18/h3-7,10-11,13,15,17,22-24H,8-9,12,14H2,1-2H3,(H,28,30)/t15?,17?,22?,23-,24?/m0/s1. The lowest BCUT2D eigenvalue weighted by molar-refractivity contribution is -0.116. The first-order valence-electron chi connectivity index (χ1n) is 12.0. The molecule has 0 spiro atoms. The number of methoxy groups -OCH3 is 2. The summed E-state index contributed by atoms with van der Waals surface area (Å²) in [5.41, 5.74) is 1.90. The van der Waals surface area contributed by atoms with E-state index in [1.165, 1.54) is 30.6 Å². The highest BCUT2D eigenvalue weighted by atomic mass is 32.2. The molecule has 182 valence electrons. The SMILES string of the molecule is COc1ccc([C@@H]2c3sc(=O)n(CC(=O)Nc4ccccc4)c3SC3C4CCC(C4)C32)cc1OC. The number of carbonyl (C=O) groups excluding carboxylic acids is 1. The van der Waals surface area contributed by atoms with E-state index in [0.29, 0.717) is 34.5 Å². The van der Waals surface area contributed by atoms with Crippen LogP contribution in [0.5, 0.6) is 11.5 Å². The van der Waals surface area contributed by atoms with E-state index in [1.807, 2.05) is 48.2 Å². The predicted molar refractivity (Wildman–Crippen MR) is 139 cm³/mol. The maximum atomic E-state index is 13.2. The molecule has 2 fully saturated rings. The molecule has 3 aliphatic rings. The molecule has 1 amide bonds. The van der Waals surface area contributed by atoms with Crippen molar-refractivity contribution in [2.75, 3.05) is 19.5 Å². The van der Waals surface area contributed by atoms with Gasteiger partial charge in [-0.1, -0.05) is 35.6 Å². The van der Waals surface area contributed by atoms with Gasteiger partial charge in [0.2, 0.25) is 5.91 Å². The summed E-state index contributed by atoms with van der Waals surface area (Å²) in [4.78, 5) is 27.1. The molecule has 2 aliphatic carbocycles. The van der Waals surface area contributed by atoms with Crippen molar-refractivity contribution in [3.63, 3.8) is 0 Å². The Balaban J connectivity index is 1.40. The molecule has 2 aromatic carbocycles. The molecule has 2 saturated carbocycles. The van der Waals surface area contributed by atoms with Crippen LogP contribution < -0.4 is 19.7 Å². The molecule has 1 aliphatic heterocycles. The van der Waals surface area contributed by atoms with E-state index in [1.54, 1.807) is 18.8 Å². The molecule has 2 heterocycles. The lowest BCUT2D eigenvalue weighted by atomic mass is 9.75. The number of hydrogen-bond donors (Lipinski definition) is 1. The molecule has 1 aromatic heterocycles. The lowest BCUT2D eigenvalue weighted by Gasteiger charge is -2.40. The normalized spacial score (nSPS) is 26.2. The molecule has 6 nitrogen and oxygen atoms in total. The Bertz CT molecular complexity index is 1320. The van der Waals surface area contributed by atoms with Crippen LogP contribution >= 0.6 is 23.1 Å². The second-order valence-corrected chi connectivity index (χ2v) is 11.8. The predicted octanol–water partition coefficient (Wildman–Crippen LogP) is 5.22. The number of ether oxygens (including phenoxy) is 2. The zero-order chi connectivity index (χ0) is 24.1. The molecule has 2 bridgehead atoms. The average Bonchev–Trinajstić information content (AvgIpc) is 3.57. The molecular formula is C27H28N2O4S2. The highest BCUT2D eigenvalue weighted by molar-refractivity contribution is 8.00. The largest absolute Gasteiger partial charge is 0.493 e. The van der Waals surface area contributed by atoms with Crippen molar-refractivity contribution >= 4 is 34.7 Å². The molecule has 5 atom stereocenters. The number of carbonyl (C=O) groups is 1. The third-order valence-corrected chi connectivity index (χ3v) is 10.6. The molecule has 0 radical (unpaired) electrons. The van der Waals surface area contributed by atoms with Crippen molar-refractivity contribution in [1.29, 1.82) is 0 Å². The van der Waals surface area contributed by atoms with Gasteiger partial charge in [-0.15, -0.1) is 11.8 Å². The highest BCUT2D eigenvalue weighted by Crippen LogP contribution is 2.64. The van der Waals surface area contributed by atoms with Gasteiger partial charge in [-0.3, -0.25) is 14.2 Å². The summed E-state index contributed by atoms with van der Waals surface area (Å²) in [6.45, 7) is 0.0245. The number of amides is 1. The Hall–Kier alpha value is -2.71. The van der Waals surface area contributed by atoms with Crippen LogP contribution in [0.1, 0.15) is 35.6 Å². The Morgan fingerprint density at radius 2 is 1.83 bits per heavy atom. The molecule has 0 saturated heterocycles. The number of para-hydroxylation sites is 1. The average molecular weight is 509 g/mol. The van der Waals surface area contributed by atoms with Crippen LogP contribution in [0.3, 0.4) is 0 Å². The van der Waals surface area contributed by atoms with Crippen molar-refractivity contribution in [3.05, 3.63) is 68.6 Å². The van der Waals surface area contributed by atoms with Gasteiger partial charge in [-0.25, -0.2) is 0 Å². The lowest BCUT2D eigenvalue weighted by Crippen LogP contribution is -2.34. The number of rotatable bonds is 6. The van der Waals surface area contributed by atoms with Crippen LogP contribution in [0, 0.1) is 17.8 Å². The monoisotopic (exact) mass is 508 g/mol. The second-order valence-electron chi connectivity index (χ2n) is 9.62. The first-order valence-corrected chi connectivity index (χ1v) is 13.7. The van der Waals surface area contributed by atoms with Gasteiger partial charge in [0.15, 0.2) is 11.5 Å². The van der Waals surface area contributed by atoms with Crippen LogP contribution in [0.4, 0.5) is 5.69 Å². The summed E-state index contributed by atoms with van der Waals surface area (Å²) in [5, 5.41) is 4.36. The van der Waals surface area contributed by atoms with E-state index in [4.69, 9.17) is 9.47 Å². The van der Waals surface area contributed by atoms with Crippen LogP contribution in [0.2, 0.25) is 0 Å². The van der Waals surface area contributed by atoms with Gasteiger partial charge in [-0.05, 0) is 66.8 Å². The van der Waals surface area contributed by atoms with E-state index in [9.17, 15) is 9.59 Å². The molecule has 3 aromatic rings. The fourth-order valence-electron chi connectivity index (χ4n) is 6.37. The highest BCUT2D eigenvalue weighted by Gasteiger charge is 2.55. The summed E-state index contributed by atoms with van der Waals surface area (Å²) >= 11 is 3.14. The van der Waals surface area contributed by atoms with E-state index in [0.717, 1.165) is 21.2 Å². The minimum atomic E-state index is -0.183. The summed E-state index contributed by atoms with van der Waals surface area (Å²) in [7, 11) is 3.30. The van der Waals surface area contributed by atoms with Gasteiger partial charge >= 0.3 is 4.87 Å². The minimum Gasteiger partial charge on any atom is -0.493 e. The topological polar surface area (TPSA) is 69.6 Å². The summed E-state index contributed by atoms with van der Waals surface area (Å²) in [5.74, 6) is 3.20.